The van der Waals surface area contributed by atoms with Crippen molar-refractivity contribution < 1.29 is 4.74 Å². The number of hydrogen-bond donors (Lipinski definition) is 0. The third kappa shape index (κ3) is 4.45. The Balaban J connectivity index is 2.47. The summed E-state index contributed by atoms with van der Waals surface area (Å²) in [6.07, 6.45) is 4.66. The van der Waals surface area contributed by atoms with E-state index in [1.165, 1.54) is 0 Å². The Kier molecular flexibility index (Phi) is 6.43. The molecule has 0 unspecified atom stereocenters. The van der Waals surface area contributed by atoms with Gasteiger partial charge in [0.2, 0.25) is 0 Å². The van der Waals surface area contributed by atoms with Crippen LogP contribution in [0.15, 0.2) is 49.6 Å². The van der Waals surface area contributed by atoms with Gasteiger partial charge in [0.15, 0.2) is 0 Å². The predicted molar refractivity (Wildman–Crippen MR) is 101 cm³/mol. The van der Waals surface area contributed by atoms with Crippen LogP contribution in [0.4, 0.5) is 0 Å². The van der Waals surface area contributed by atoms with Gasteiger partial charge >= 0.3 is 0 Å². The van der Waals surface area contributed by atoms with Gasteiger partial charge < -0.3 is 4.74 Å². The van der Waals surface area contributed by atoms with E-state index in [-0.39, 0.29) is 0 Å². The molecular formula is C18H14Cl4O. The molecule has 0 aliphatic heterocycles. The lowest BCUT2D eigenvalue weighted by atomic mass is 10.1. The smallest absolute Gasteiger partial charge is 0.147 e. The minimum atomic E-state index is 0.421. The quantitative estimate of drug-likeness (QED) is 0.465. The van der Waals surface area contributed by atoms with Crippen LogP contribution in [0, 0.1) is 0 Å². The zero-order valence-electron chi connectivity index (χ0n) is 12.2. The maximum atomic E-state index is 6.38. The van der Waals surface area contributed by atoms with Gasteiger partial charge in [-0.2, -0.15) is 0 Å². The Hall–Kier alpha value is -1.12. The Morgan fingerprint density at radius 1 is 0.739 bits per heavy atom. The van der Waals surface area contributed by atoms with Crippen molar-refractivity contribution in [1.29, 1.82) is 0 Å². The van der Waals surface area contributed by atoms with Gasteiger partial charge in [-0.1, -0.05) is 58.6 Å². The molecule has 0 amide bonds. The minimum Gasteiger partial charge on any atom is -0.454 e. The second-order valence-electron chi connectivity index (χ2n) is 4.84. The van der Waals surface area contributed by atoms with Gasteiger partial charge in [0, 0.05) is 22.2 Å². The third-order valence-electron chi connectivity index (χ3n) is 3.11. The molecule has 0 N–H and O–H groups in total. The van der Waals surface area contributed by atoms with E-state index < -0.39 is 0 Å². The van der Waals surface area contributed by atoms with Crippen molar-refractivity contribution in [2.75, 3.05) is 0 Å². The molecular weight excluding hydrogens is 374 g/mol. The summed E-state index contributed by atoms with van der Waals surface area (Å²) in [6.45, 7) is 7.42. The van der Waals surface area contributed by atoms with E-state index in [0.717, 1.165) is 11.1 Å². The van der Waals surface area contributed by atoms with E-state index in [4.69, 9.17) is 51.1 Å². The topological polar surface area (TPSA) is 9.23 Å². The van der Waals surface area contributed by atoms with E-state index in [1.54, 1.807) is 36.4 Å². The largest absolute Gasteiger partial charge is 0.454 e. The molecule has 2 aromatic rings. The number of hydrogen-bond acceptors (Lipinski definition) is 1. The molecule has 0 atom stereocenters. The summed E-state index contributed by atoms with van der Waals surface area (Å²) in [5.74, 6) is 0.842. The van der Waals surface area contributed by atoms with Crippen molar-refractivity contribution in [3.05, 3.63) is 80.8 Å². The molecule has 0 heterocycles. The van der Waals surface area contributed by atoms with Crippen molar-refractivity contribution in [3.63, 3.8) is 0 Å². The summed E-state index contributed by atoms with van der Waals surface area (Å²) in [5.41, 5.74) is 1.65. The lowest BCUT2D eigenvalue weighted by Gasteiger charge is -2.14. The Morgan fingerprint density at radius 3 is 1.48 bits per heavy atom. The summed E-state index contributed by atoms with van der Waals surface area (Å²) < 4.78 is 5.87. The fraction of sp³-hybridized carbons (Fsp3) is 0.111. The number of halogens is 4. The van der Waals surface area contributed by atoms with Crippen LogP contribution in [0.25, 0.3) is 0 Å². The van der Waals surface area contributed by atoms with E-state index in [2.05, 4.69) is 13.2 Å². The second-order valence-corrected chi connectivity index (χ2v) is 6.47. The Bertz CT molecular complexity index is 690. The summed E-state index contributed by atoms with van der Waals surface area (Å²) in [5, 5.41) is 1.97. The maximum Gasteiger partial charge on any atom is 0.147 e. The Morgan fingerprint density at radius 2 is 1.13 bits per heavy atom. The highest BCUT2D eigenvalue weighted by atomic mass is 35.5. The lowest BCUT2D eigenvalue weighted by Crippen LogP contribution is -1.93. The first-order chi connectivity index (χ1) is 11.0. The van der Waals surface area contributed by atoms with Crippen LogP contribution in [0.1, 0.15) is 11.1 Å². The van der Waals surface area contributed by atoms with Gasteiger partial charge in [-0.25, -0.2) is 0 Å². The van der Waals surface area contributed by atoms with Crippen molar-refractivity contribution in [2.24, 2.45) is 0 Å². The summed E-state index contributed by atoms with van der Waals surface area (Å²) >= 11 is 25.0. The van der Waals surface area contributed by atoms with E-state index in [0.29, 0.717) is 44.4 Å². The van der Waals surface area contributed by atoms with Crippen molar-refractivity contribution in [3.8, 4) is 11.5 Å². The van der Waals surface area contributed by atoms with Gasteiger partial charge in [0.25, 0.3) is 0 Å². The molecule has 120 valence electrons. The van der Waals surface area contributed by atoms with Gasteiger partial charge in [-0.15, -0.1) is 13.2 Å². The molecule has 23 heavy (non-hydrogen) atoms. The molecule has 0 aliphatic rings. The number of allylic oxidation sites excluding steroid dienone is 2. The average molecular weight is 388 g/mol. The number of benzene rings is 2. The van der Waals surface area contributed by atoms with Crippen LogP contribution in [0.5, 0.6) is 11.5 Å². The van der Waals surface area contributed by atoms with E-state index >= 15 is 0 Å². The molecule has 1 nitrogen and oxygen atoms in total. The van der Waals surface area contributed by atoms with Crippen LogP contribution < -0.4 is 4.74 Å². The fourth-order valence-corrected chi connectivity index (χ4v) is 3.02. The molecule has 0 spiro atoms. The SMILES string of the molecule is C=CCc1cc(Cl)cc(Oc2cc(Cl)cc(CC=C)c2Cl)c1Cl. The lowest BCUT2D eigenvalue weighted by molar-refractivity contribution is 0.482. The monoisotopic (exact) mass is 386 g/mol. The van der Waals surface area contributed by atoms with Crippen molar-refractivity contribution >= 4 is 46.4 Å². The molecule has 5 heteroatoms. The molecule has 0 aliphatic carbocycles. The normalized spacial score (nSPS) is 10.4. The van der Waals surface area contributed by atoms with Gasteiger partial charge in [0.1, 0.15) is 11.5 Å². The summed E-state index contributed by atoms with van der Waals surface area (Å²) in [6, 6.07) is 6.84. The molecule has 0 saturated heterocycles. The molecule has 2 rings (SSSR count). The van der Waals surface area contributed by atoms with Crippen molar-refractivity contribution in [1.82, 2.24) is 0 Å². The van der Waals surface area contributed by atoms with Crippen LogP contribution in [-0.4, -0.2) is 0 Å². The molecule has 0 saturated carbocycles. The zero-order valence-corrected chi connectivity index (χ0v) is 15.2. The number of ether oxygens (including phenoxy) is 1. The highest BCUT2D eigenvalue weighted by molar-refractivity contribution is 6.36. The zero-order chi connectivity index (χ0) is 17.0. The Labute approximate surface area is 156 Å². The first kappa shape index (κ1) is 18.2. The highest BCUT2D eigenvalue weighted by Gasteiger charge is 2.14. The van der Waals surface area contributed by atoms with E-state index in [9.17, 15) is 0 Å². The predicted octanol–water partition coefficient (Wildman–Crippen LogP) is 7.55. The van der Waals surface area contributed by atoms with Crippen LogP contribution in [0.2, 0.25) is 20.1 Å². The summed E-state index contributed by atoms with van der Waals surface area (Å²) in [7, 11) is 0. The van der Waals surface area contributed by atoms with Gasteiger partial charge in [-0.3, -0.25) is 0 Å². The highest BCUT2D eigenvalue weighted by Crippen LogP contribution is 2.40. The average Bonchev–Trinajstić information content (AvgIpc) is 2.49. The van der Waals surface area contributed by atoms with Gasteiger partial charge in [0.05, 0.1) is 10.0 Å². The van der Waals surface area contributed by atoms with Crippen LogP contribution in [-0.2, 0) is 12.8 Å². The van der Waals surface area contributed by atoms with E-state index in [1.807, 2.05) is 0 Å². The maximum absolute atomic E-state index is 6.38. The number of rotatable bonds is 6. The standard InChI is InChI=1S/C18H14Cl4O/c1-3-5-11-7-13(19)9-15(17(11)21)23-16-10-14(20)8-12(6-4-2)18(16)22/h3-4,7-10H,1-2,5-6H2. The van der Waals surface area contributed by atoms with Crippen LogP contribution >= 0.6 is 46.4 Å². The van der Waals surface area contributed by atoms with Gasteiger partial charge in [-0.05, 0) is 36.1 Å². The van der Waals surface area contributed by atoms with Crippen LogP contribution in [0.3, 0.4) is 0 Å². The first-order valence-corrected chi connectivity index (χ1v) is 8.33. The molecule has 0 fully saturated rings. The fourth-order valence-electron chi connectivity index (χ4n) is 2.11. The molecule has 0 bridgehead atoms. The molecule has 0 aromatic heterocycles. The van der Waals surface area contributed by atoms with Crippen molar-refractivity contribution in [2.45, 2.75) is 12.8 Å². The molecule has 0 radical (unpaired) electrons. The summed E-state index contributed by atoms with van der Waals surface area (Å²) in [4.78, 5) is 0. The minimum absolute atomic E-state index is 0.421. The first-order valence-electron chi connectivity index (χ1n) is 6.81. The molecule has 2 aromatic carbocycles. The second kappa shape index (κ2) is 8.12. The third-order valence-corrected chi connectivity index (χ3v) is 4.40.